The van der Waals surface area contributed by atoms with Gasteiger partial charge in [0.05, 0.1) is 0 Å². The first-order valence-corrected chi connectivity index (χ1v) is 10.0. The molecule has 1 amide bonds. The van der Waals surface area contributed by atoms with Crippen LogP contribution in [0.3, 0.4) is 0 Å². The average Bonchev–Trinajstić information content (AvgIpc) is 3.04. The molecule has 1 aliphatic heterocycles. The van der Waals surface area contributed by atoms with Crippen molar-refractivity contribution in [3.8, 4) is 0 Å². The van der Waals surface area contributed by atoms with Gasteiger partial charge in [-0.05, 0) is 46.8 Å². The molecule has 1 fully saturated rings. The second kappa shape index (κ2) is 13.0. The molecule has 0 bridgehead atoms. The van der Waals surface area contributed by atoms with Crippen LogP contribution in [0.25, 0.3) is 0 Å². The van der Waals surface area contributed by atoms with E-state index in [0.717, 1.165) is 45.0 Å². The molecule has 1 unspecified atom stereocenters. The summed E-state index contributed by atoms with van der Waals surface area (Å²) in [5, 5.41) is 6.81. The van der Waals surface area contributed by atoms with Crippen LogP contribution in [0, 0.1) is 0 Å². The van der Waals surface area contributed by atoms with Crippen molar-refractivity contribution in [3.63, 3.8) is 0 Å². The summed E-state index contributed by atoms with van der Waals surface area (Å²) in [4.78, 5) is 20.7. The van der Waals surface area contributed by atoms with Gasteiger partial charge in [-0.2, -0.15) is 0 Å². The Kier molecular flexibility index (Phi) is 11.3. The van der Waals surface area contributed by atoms with Gasteiger partial charge in [0.1, 0.15) is 0 Å². The Labute approximate surface area is 154 Å². The largest absolute Gasteiger partial charge is 0.357 e. The number of rotatable bonds is 11. The van der Waals surface area contributed by atoms with E-state index in [9.17, 15) is 4.79 Å². The summed E-state index contributed by atoms with van der Waals surface area (Å²) in [6.07, 6.45) is 7.88. The number of guanidine groups is 1. The molecule has 1 heterocycles. The molecule has 0 aliphatic carbocycles. The molecule has 1 saturated heterocycles. The first-order chi connectivity index (χ1) is 12.1. The van der Waals surface area contributed by atoms with E-state index in [0.29, 0.717) is 12.5 Å². The highest BCUT2D eigenvalue weighted by molar-refractivity contribution is 5.80. The minimum absolute atomic E-state index is 0.250. The molecule has 0 aromatic carbocycles. The van der Waals surface area contributed by atoms with E-state index < -0.39 is 0 Å². The molecular weight excluding hydrogens is 314 g/mol. The number of nitrogens with zero attached hydrogens (tertiary/aromatic N) is 3. The van der Waals surface area contributed by atoms with Crippen LogP contribution in [-0.2, 0) is 4.79 Å². The maximum absolute atomic E-state index is 11.8. The SMILES string of the molecule is CCNC(=NCCCCCCCN(C)C)NC1CCN(C(=O)CC)C1. The minimum Gasteiger partial charge on any atom is -0.357 e. The molecule has 0 aromatic heterocycles. The van der Waals surface area contributed by atoms with Crippen molar-refractivity contribution >= 4 is 11.9 Å². The molecule has 6 nitrogen and oxygen atoms in total. The summed E-state index contributed by atoms with van der Waals surface area (Å²) in [6, 6.07) is 0.319. The van der Waals surface area contributed by atoms with Gasteiger partial charge < -0.3 is 20.4 Å². The summed E-state index contributed by atoms with van der Waals surface area (Å²) < 4.78 is 0. The molecular formula is C19H39N5O. The van der Waals surface area contributed by atoms with Crippen molar-refractivity contribution in [3.05, 3.63) is 0 Å². The van der Waals surface area contributed by atoms with Crippen molar-refractivity contribution in [1.82, 2.24) is 20.4 Å². The fraction of sp³-hybridized carbons (Fsp3) is 0.895. The highest BCUT2D eigenvalue weighted by atomic mass is 16.2. The van der Waals surface area contributed by atoms with Gasteiger partial charge in [0.15, 0.2) is 5.96 Å². The van der Waals surface area contributed by atoms with Gasteiger partial charge >= 0.3 is 0 Å². The van der Waals surface area contributed by atoms with Gasteiger partial charge in [0.25, 0.3) is 0 Å². The molecule has 1 aliphatic rings. The molecule has 0 aromatic rings. The van der Waals surface area contributed by atoms with Crippen LogP contribution in [-0.4, -0.2) is 74.5 Å². The summed E-state index contributed by atoms with van der Waals surface area (Å²) in [5.41, 5.74) is 0. The maximum atomic E-state index is 11.8. The first kappa shape index (κ1) is 21.7. The van der Waals surface area contributed by atoms with Crippen LogP contribution in [0.5, 0.6) is 0 Å². The molecule has 6 heteroatoms. The third kappa shape index (κ3) is 9.68. The summed E-state index contributed by atoms with van der Waals surface area (Å²) in [5.74, 6) is 1.14. The number of aliphatic imine (C=N–C) groups is 1. The van der Waals surface area contributed by atoms with Gasteiger partial charge in [-0.3, -0.25) is 9.79 Å². The average molecular weight is 354 g/mol. The normalized spacial score (nSPS) is 18.0. The third-order valence-electron chi connectivity index (χ3n) is 4.56. The Bertz CT molecular complexity index is 397. The van der Waals surface area contributed by atoms with Gasteiger partial charge in [0.2, 0.25) is 5.91 Å². The van der Waals surface area contributed by atoms with Crippen molar-refractivity contribution < 1.29 is 4.79 Å². The topological polar surface area (TPSA) is 60.0 Å². The lowest BCUT2D eigenvalue weighted by atomic mass is 10.1. The van der Waals surface area contributed by atoms with Crippen molar-refractivity contribution in [2.45, 2.75) is 64.8 Å². The van der Waals surface area contributed by atoms with Crippen LogP contribution in [0.15, 0.2) is 4.99 Å². The lowest BCUT2D eigenvalue weighted by molar-refractivity contribution is -0.129. The molecule has 0 radical (unpaired) electrons. The van der Waals surface area contributed by atoms with Gasteiger partial charge in [-0.1, -0.05) is 26.2 Å². The Hall–Kier alpha value is -1.30. The lowest BCUT2D eigenvalue weighted by Gasteiger charge is -2.18. The zero-order valence-corrected chi connectivity index (χ0v) is 16.8. The maximum Gasteiger partial charge on any atom is 0.222 e. The smallest absolute Gasteiger partial charge is 0.222 e. The fourth-order valence-corrected chi connectivity index (χ4v) is 3.10. The zero-order valence-electron chi connectivity index (χ0n) is 16.8. The number of carbonyl (C=O) groups excluding carboxylic acids is 1. The van der Waals surface area contributed by atoms with Crippen LogP contribution in [0.4, 0.5) is 0 Å². The van der Waals surface area contributed by atoms with Gasteiger partial charge in [-0.25, -0.2) is 0 Å². The number of hydrogen-bond donors (Lipinski definition) is 2. The molecule has 1 rings (SSSR count). The third-order valence-corrected chi connectivity index (χ3v) is 4.56. The van der Waals surface area contributed by atoms with Crippen molar-refractivity contribution in [1.29, 1.82) is 0 Å². The monoisotopic (exact) mass is 353 g/mol. The van der Waals surface area contributed by atoms with Gasteiger partial charge in [-0.15, -0.1) is 0 Å². The summed E-state index contributed by atoms with van der Waals surface area (Å²) >= 11 is 0. The number of carbonyl (C=O) groups is 1. The molecule has 1 atom stereocenters. The van der Waals surface area contributed by atoms with Gasteiger partial charge in [0, 0.05) is 38.6 Å². The Morgan fingerprint density at radius 1 is 1.16 bits per heavy atom. The molecule has 146 valence electrons. The van der Waals surface area contributed by atoms with Crippen LogP contribution in [0.1, 0.15) is 58.8 Å². The van der Waals surface area contributed by atoms with E-state index >= 15 is 0 Å². The molecule has 0 saturated carbocycles. The van der Waals surface area contributed by atoms with Crippen molar-refractivity contribution in [2.75, 3.05) is 46.8 Å². The van der Waals surface area contributed by atoms with Crippen LogP contribution in [0.2, 0.25) is 0 Å². The van der Waals surface area contributed by atoms with E-state index in [1.165, 1.54) is 32.2 Å². The number of amides is 1. The molecule has 0 spiro atoms. The fourth-order valence-electron chi connectivity index (χ4n) is 3.10. The minimum atomic E-state index is 0.250. The predicted molar refractivity (Wildman–Crippen MR) is 106 cm³/mol. The second-order valence-corrected chi connectivity index (χ2v) is 7.15. The standard InChI is InChI=1S/C19H39N5O/c1-5-18(25)24-15-12-17(16-24)22-19(20-6-2)21-13-10-8-7-9-11-14-23(3)4/h17H,5-16H2,1-4H3,(H2,20,21,22). The molecule has 2 N–H and O–H groups in total. The first-order valence-electron chi connectivity index (χ1n) is 10.0. The van der Waals surface area contributed by atoms with E-state index in [-0.39, 0.29) is 5.91 Å². The Morgan fingerprint density at radius 2 is 1.88 bits per heavy atom. The number of unbranched alkanes of at least 4 members (excludes halogenated alkanes) is 4. The zero-order chi connectivity index (χ0) is 18.5. The van der Waals surface area contributed by atoms with E-state index in [1.807, 2.05) is 11.8 Å². The number of likely N-dealkylation sites (tertiary alicyclic amines) is 1. The van der Waals surface area contributed by atoms with E-state index in [4.69, 9.17) is 4.99 Å². The van der Waals surface area contributed by atoms with E-state index in [1.54, 1.807) is 0 Å². The second-order valence-electron chi connectivity index (χ2n) is 7.15. The van der Waals surface area contributed by atoms with Crippen LogP contribution < -0.4 is 10.6 Å². The number of hydrogen-bond acceptors (Lipinski definition) is 3. The Balaban J connectivity index is 2.22. The predicted octanol–water partition coefficient (Wildman–Crippen LogP) is 2.06. The lowest BCUT2D eigenvalue weighted by Crippen LogP contribution is -2.45. The van der Waals surface area contributed by atoms with E-state index in [2.05, 4.69) is 36.6 Å². The van der Waals surface area contributed by atoms with Crippen LogP contribution >= 0.6 is 0 Å². The molecule has 25 heavy (non-hydrogen) atoms. The highest BCUT2D eigenvalue weighted by Crippen LogP contribution is 2.10. The van der Waals surface area contributed by atoms with Crippen molar-refractivity contribution in [2.24, 2.45) is 4.99 Å². The highest BCUT2D eigenvalue weighted by Gasteiger charge is 2.25. The Morgan fingerprint density at radius 3 is 2.56 bits per heavy atom. The number of nitrogens with one attached hydrogen (secondary N) is 2. The summed E-state index contributed by atoms with van der Waals surface area (Å²) in [6.45, 7) is 8.58. The quantitative estimate of drug-likeness (QED) is 0.339. The summed E-state index contributed by atoms with van der Waals surface area (Å²) in [7, 11) is 4.26.